The van der Waals surface area contributed by atoms with Crippen molar-refractivity contribution in [1.82, 2.24) is 10.6 Å². The number of carbonyl (C=O) groups is 1. The lowest BCUT2D eigenvalue weighted by Gasteiger charge is -2.14. The highest BCUT2D eigenvalue weighted by Gasteiger charge is 2.05. The molecule has 0 aliphatic carbocycles. The van der Waals surface area contributed by atoms with Crippen LogP contribution in [-0.2, 0) is 11.2 Å². The summed E-state index contributed by atoms with van der Waals surface area (Å²) in [5, 5.41) is 6.26. The van der Waals surface area contributed by atoms with Gasteiger partial charge in [-0.1, -0.05) is 39.7 Å². The van der Waals surface area contributed by atoms with E-state index in [1.54, 1.807) is 0 Å². The molecule has 0 aromatic heterocycles. The van der Waals surface area contributed by atoms with E-state index in [2.05, 4.69) is 32.6 Å². The minimum Gasteiger partial charge on any atom is -0.355 e. The lowest BCUT2D eigenvalue weighted by molar-refractivity contribution is -0.120. The summed E-state index contributed by atoms with van der Waals surface area (Å²) in [6.07, 6.45) is 4.74. The molecule has 3 nitrogen and oxygen atoms in total. The van der Waals surface area contributed by atoms with E-state index in [0.29, 0.717) is 6.42 Å². The van der Waals surface area contributed by atoms with E-state index < -0.39 is 0 Å². The number of halogens is 1. The van der Waals surface area contributed by atoms with Gasteiger partial charge < -0.3 is 10.6 Å². The number of hydrogen-bond donors (Lipinski definition) is 2. The van der Waals surface area contributed by atoms with E-state index in [1.165, 1.54) is 5.57 Å². The molecule has 0 unspecified atom stereocenters. The van der Waals surface area contributed by atoms with Gasteiger partial charge in [0.05, 0.1) is 6.42 Å². The molecule has 0 radical (unpaired) electrons. The predicted molar refractivity (Wildman–Crippen MR) is 81.0 cm³/mol. The van der Waals surface area contributed by atoms with Crippen LogP contribution < -0.4 is 10.6 Å². The molecule has 0 saturated heterocycles. The molecule has 0 bridgehead atoms. The van der Waals surface area contributed by atoms with Gasteiger partial charge in [-0.25, -0.2) is 0 Å². The summed E-state index contributed by atoms with van der Waals surface area (Å²) in [5.41, 5.74) is 2.49. The zero-order chi connectivity index (χ0) is 13.5. The highest BCUT2D eigenvalue weighted by Crippen LogP contribution is 2.11. The van der Waals surface area contributed by atoms with Crippen LogP contribution in [0.2, 0.25) is 0 Å². The van der Waals surface area contributed by atoms with Crippen molar-refractivity contribution in [2.75, 3.05) is 19.6 Å². The third-order valence-corrected chi connectivity index (χ3v) is 3.73. The molecule has 4 heteroatoms. The Morgan fingerprint density at radius 3 is 2.79 bits per heavy atom. The van der Waals surface area contributed by atoms with Gasteiger partial charge in [-0.2, -0.15) is 0 Å². The Labute approximate surface area is 122 Å². The highest BCUT2D eigenvalue weighted by molar-refractivity contribution is 9.10. The maximum atomic E-state index is 11.8. The average molecular weight is 323 g/mol. The van der Waals surface area contributed by atoms with Crippen LogP contribution in [0.1, 0.15) is 18.4 Å². The lowest BCUT2D eigenvalue weighted by atomic mass is 10.1. The molecule has 2 N–H and O–H groups in total. The quantitative estimate of drug-likeness (QED) is 0.817. The van der Waals surface area contributed by atoms with Gasteiger partial charge >= 0.3 is 0 Å². The van der Waals surface area contributed by atoms with Crippen molar-refractivity contribution in [3.8, 4) is 0 Å². The van der Waals surface area contributed by atoms with E-state index in [9.17, 15) is 4.79 Å². The van der Waals surface area contributed by atoms with Gasteiger partial charge in [-0.05, 0) is 37.1 Å². The molecule has 1 aliphatic heterocycles. The maximum Gasteiger partial charge on any atom is 0.224 e. The molecule has 1 aromatic rings. The first kappa shape index (κ1) is 14.3. The summed E-state index contributed by atoms with van der Waals surface area (Å²) in [6, 6.07) is 7.86. The van der Waals surface area contributed by atoms with Gasteiger partial charge in [-0.15, -0.1) is 0 Å². The molecule has 0 spiro atoms. The summed E-state index contributed by atoms with van der Waals surface area (Å²) in [7, 11) is 0. The fraction of sp³-hybridized carbons (Fsp3) is 0.400. The fourth-order valence-electron chi connectivity index (χ4n) is 2.11. The summed E-state index contributed by atoms with van der Waals surface area (Å²) in [5.74, 6) is 0.0943. The first-order valence-electron chi connectivity index (χ1n) is 6.64. The summed E-state index contributed by atoms with van der Waals surface area (Å²) >= 11 is 3.39. The zero-order valence-electron chi connectivity index (χ0n) is 10.9. The molecule has 2 rings (SSSR count). The summed E-state index contributed by atoms with van der Waals surface area (Å²) < 4.78 is 1.04. The molecule has 102 valence electrons. The number of rotatable bonds is 5. The van der Waals surface area contributed by atoms with Crippen LogP contribution in [-0.4, -0.2) is 25.5 Å². The van der Waals surface area contributed by atoms with Crippen LogP contribution in [0.15, 0.2) is 40.4 Å². The van der Waals surface area contributed by atoms with Gasteiger partial charge in [0.25, 0.3) is 0 Å². The van der Waals surface area contributed by atoms with E-state index in [4.69, 9.17) is 0 Å². The third kappa shape index (κ3) is 5.17. The molecule has 1 heterocycles. The monoisotopic (exact) mass is 322 g/mol. The molecule has 19 heavy (non-hydrogen) atoms. The molecule has 1 aromatic carbocycles. The Bertz CT molecular complexity index is 454. The topological polar surface area (TPSA) is 41.1 Å². The first-order chi connectivity index (χ1) is 9.24. The minimum atomic E-state index is 0.0943. The van der Waals surface area contributed by atoms with Crippen molar-refractivity contribution in [3.63, 3.8) is 0 Å². The molecular weight excluding hydrogens is 304 g/mol. The minimum absolute atomic E-state index is 0.0943. The number of nitrogens with one attached hydrogen (secondary N) is 2. The van der Waals surface area contributed by atoms with Crippen LogP contribution in [0.25, 0.3) is 0 Å². The maximum absolute atomic E-state index is 11.8. The van der Waals surface area contributed by atoms with E-state index in [0.717, 1.165) is 42.5 Å². The van der Waals surface area contributed by atoms with Crippen molar-refractivity contribution in [3.05, 3.63) is 46.0 Å². The predicted octanol–water partition coefficient (Wildman–Crippen LogP) is 2.42. The van der Waals surface area contributed by atoms with Crippen LogP contribution in [0, 0.1) is 0 Å². The van der Waals surface area contributed by atoms with E-state index >= 15 is 0 Å². The van der Waals surface area contributed by atoms with Gasteiger partial charge in [0.1, 0.15) is 0 Å². The van der Waals surface area contributed by atoms with Gasteiger partial charge in [0.2, 0.25) is 5.91 Å². The summed E-state index contributed by atoms with van der Waals surface area (Å²) in [6.45, 7) is 2.75. The average Bonchev–Trinajstić information content (AvgIpc) is 2.43. The standard InChI is InChI=1S/C15H19BrN2O/c16-14-3-1-13(2-4-14)11-15(19)18-10-7-12-5-8-17-9-6-12/h1-5,17H,6-11H2,(H,18,19). The van der Waals surface area contributed by atoms with Gasteiger partial charge in [0.15, 0.2) is 0 Å². The first-order valence-corrected chi connectivity index (χ1v) is 7.43. The molecule has 0 atom stereocenters. The van der Waals surface area contributed by atoms with Crippen molar-refractivity contribution in [1.29, 1.82) is 0 Å². The molecule has 1 aliphatic rings. The van der Waals surface area contributed by atoms with Crippen molar-refractivity contribution in [2.45, 2.75) is 19.3 Å². The second-order valence-corrected chi connectivity index (χ2v) is 5.64. The van der Waals surface area contributed by atoms with E-state index in [-0.39, 0.29) is 5.91 Å². The number of amides is 1. The van der Waals surface area contributed by atoms with Crippen molar-refractivity contribution >= 4 is 21.8 Å². The fourth-order valence-corrected chi connectivity index (χ4v) is 2.37. The second kappa shape index (κ2) is 7.46. The Kier molecular flexibility index (Phi) is 5.61. The number of benzene rings is 1. The Balaban J connectivity index is 1.69. The van der Waals surface area contributed by atoms with E-state index in [1.807, 2.05) is 24.3 Å². The summed E-state index contributed by atoms with van der Waals surface area (Å²) in [4.78, 5) is 11.8. The van der Waals surface area contributed by atoms with Crippen molar-refractivity contribution in [2.24, 2.45) is 0 Å². The lowest BCUT2D eigenvalue weighted by Crippen LogP contribution is -2.27. The SMILES string of the molecule is O=C(Cc1ccc(Br)cc1)NCCC1=CCNCC1. The Hall–Kier alpha value is -1.13. The largest absolute Gasteiger partial charge is 0.355 e. The number of carbonyl (C=O) groups excluding carboxylic acids is 1. The van der Waals surface area contributed by atoms with Gasteiger partial charge in [-0.3, -0.25) is 4.79 Å². The third-order valence-electron chi connectivity index (χ3n) is 3.20. The Morgan fingerprint density at radius 1 is 1.32 bits per heavy atom. The zero-order valence-corrected chi connectivity index (χ0v) is 12.5. The molecule has 0 fully saturated rings. The van der Waals surface area contributed by atoms with Crippen LogP contribution in [0.4, 0.5) is 0 Å². The van der Waals surface area contributed by atoms with Crippen molar-refractivity contribution < 1.29 is 4.79 Å². The molecule has 0 saturated carbocycles. The normalized spacial score (nSPS) is 14.9. The van der Waals surface area contributed by atoms with Crippen LogP contribution >= 0.6 is 15.9 Å². The highest BCUT2D eigenvalue weighted by atomic mass is 79.9. The Morgan fingerprint density at radius 2 is 2.11 bits per heavy atom. The molecule has 1 amide bonds. The van der Waals surface area contributed by atoms with Crippen LogP contribution in [0.3, 0.4) is 0 Å². The number of hydrogen-bond acceptors (Lipinski definition) is 2. The van der Waals surface area contributed by atoms with Crippen LogP contribution in [0.5, 0.6) is 0 Å². The second-order valence-electron chi connectivity index (χ2n) is 4.72. The van der Waals surface area contributed by atoms with Gasteiger partial charge in [0, 0.05) is 17.6 Å². The smallest absolute Gasteiger partial charge is 0.224 e. The molecular formula is C15H19BrN2O.